The van der Waals surface area contributed by atoms with Crippen molar-refractivity contribution in [2.75, 3.05) is 25.2 Å². The molecule has 0 saturated heterocycles. The molecule has 15 heteroatoms. The van der Waals surface area contributed by atoms with Gasteiger partial charge in [-0.3, -0.25) is 13.5 Å². The number of nitrogens with one attached hydrogen (secondary N) is 1. The lowest BCUT2D eigenvalue weighted by Gasteiger charge is -2.26. The molecule has 0 radical (unpaired) electrons. The Morgan fingerprint density at radius 3 is 2.45 bits per heavy atom. The summed E-state index contributed by atoms with van der Waals surface area (Å²) >= 11 is 0. The highest BCUT2D eigenvalue weighted by Crippen LogP contribution is 2.25. The summed E-state index contributed by atoms with van der Waals surface area (Å²) in [6.45, 7) is -0.749. The van der Waals surface area contributed by atoms with Crippen molar-refractivity contribution >= 4 is 38.9 Å². The fourth-order valence-electron chi connectivity index (χ4n) is 3.57. The zero-order valence-electron chi connectivity index (χ0n) is 20.0. The lowest BCUT2D eigenvalue weighted by molar-refractivity contribution is -0.112. The average Bonchev–Trinajstić information content (AvgIpc) is 3.33. The predicted octanol–water partition coefficient (Wildman–Crippen LogP) is 0.216. The van der Waals surface area contributed by atoms with E-state index < -0.39 is 41.3 Å². The van der Waals surface area contributed by atoms with Crippen LogP contribution >= 0.6 is 0 Å². The Balaban J connectivity index is 1.50. The Bertz CT molecular complexity index is 1550. The van der Waals surface area contributed by atoms with E-state index in [1.165, 1.54) is 31.6 Å². The van der Waals surface area contributed by atoms with Crippen molar-refractivity contribution in [1.29, 1.82) is 0 Å². The third-order valence-corrected chi connectivity index (χ3v) is 6.45. The Morgan fingerprint density at radius 2 is 1.76 bits per heavy atom. The van der Waals surface area contributed by atoms with Crippen LogP contribution in [-0.2, 0) is 19.2 Å². The monoisotopic (exact) mass is 543 g/mol. The number of methoxy groups -OCH3 is 1. The number of nitrogens with zero attached hydrogens (tertiary/aromatic N) is 4. The second-order valence-electron chi connectivity index (χ2n) is 8.06. The third kappa shape index (κ3) is 5.71. The van der Waals surface area contributed by atoms with Gasteiger partial charge in [0.15, 0.2) is 23.5 Å². The van der Waals surface area contributed by atoms with Gasteiger partial charge in [-0.1, -0.05) is 42.5 Å². The van der Waals surface area contributed by atoms with E-state index in [9.17, 15) is 23.4 Å². The lowest BCUT2D eigenvalue weighted by atomic mass is 10.2. The summed E-state index contributed by atoms with van der Waals surface area (Å²) in [6.07, 6.45) is -3.58. The van der Waals surface area contributed by atoms with Gasteiger partial charge in [0.1, 0.15) is 17.7 Å². The van der Waals surface area contributed by atoms with Gasteiger partial charge in [-0.15, -0.1) is 0 Å². The number of nitrogens with two attached hydrogens (primary N) is 2. The number of aromatic nitrogens is 4. The molecule has 0 fully saturated rings. The van der Waals surface area contributed by atoms with Crippen LogP contribution in [0.2, 0.25) is 0 Å². The molecule has 14 nitrogen and oxygen atoms in total. The van der Waals surface area contributed by atoms with E-state index in [0.717, 1.165) is 4.57 Å². The number of fused-ring (bicyclic) bond motifs is 1. The molecule has 0 aliphatic rings. The van der Waals surface area contributed by atoms with E-state index in [2.05, 4.69) is 15.0 Å². The first-order valence-corrected chi connectivity index (χ1v) is 12.5. The molecule has 2 aromatic carbocycles. The molecular weight excluding hydrogens is 518 g/mol. The minimum atomic E-state index is -4.62. The molecule has 0 aliphatic heterocycles. The molecule has 38 heavy (non-hydrogen) atoms. The highest BCUT2D eigenvalue weighted by atomic mass is 32.2. The van der Waals surface area contributed by atoms with Crippen LogP contribution in [0, 0.1) is 0 Å². The maximum Gasteiger partial charge on any atom is 0.362 e. The number of aliphatic hydroxyl groups is 2. The minimum Gasteiger partial charge on any atom is -0.398 e. The van der Waals surface area contributed by atoms with E-state index in [-0.39, 0.29) is 34.1 Å². The second-order valence-corrected chi connectivity index (χ2v) is 9.41. The van der Waals surface area contributed by atoms with Crippen molar-refractivity contribution < 1.29 is 32.3 Å². The summed E-state index contributed by atoms with van der Waals surface area (Å²) in [4.78, 5) is 25.0. The number of benzene rings is 2. The molecule has 7 N–H and O–H groups in total. The minimum absolute atomic E-state index is 0.0572. The Morgan fingerprint density at radius 1 is 1.08 bits per heavy atom. The number of nitrogen functional groups attached to an aromatic ring is 2. The van der Waals surface area contributed by atoms with Gasteiger partial charge in [-0.05, 0) is 12.1 Å². The van der Waals surface area contributed by atoms with E-state index in [0.29, 0.717) is 5.56 Å². The largest absolute Gasteiger partial charge is 0.398 e. The van der Waals surface area contributed by atoms with E-state index in [1.807, 2.05) is 6.07 Å². The number of para-hydroxylation sites is 1. The van der Waals surface area contributed by atoms with Crippen molar-refractivity contribution in [2.24, 2.45) is 0 Å². The van der Waals surface area contributed by atoms with Gasteiger partial charge >= 0.3 is 10.3 Å². The summed E-state index contributed by atoms with van der Waals surface area (Å²) in [7, 11) is -3.44. The van der Waals surface area contributed by atoms with Crippen molar-refractivity contribution in [3.63, 3.8) is 0 Å². The Labute approximate surface area is 217 Å². The van der Waals surface area contributed by atoms with Crippen molar-refractivity contribution in [1.82, 2.24) is 24.2 Å². The molecule has 0 unspecified atom stereocenters. The first kappa shape index (κ1) is 26.9. The van der Waals surface area contributed by atoms with Crippen LogP contribution in [0.5, 0.6) is 0 Å². The molecule has 1 amide bonds. The lowest BCUT2D eigenvalue weighted by Crippen LogP contribution is -2.41. The second kappa shape index (κ2) is 11.1. The number of imidazole rings is 1. The molecule has 4 aromatic rings. The number of rotatable bonds is 10. The van der Waals surface area contributed by atoms with Gasteiger partial charge in [-0.25, -0.2) is 19.7 Å². The molecule has 200 valence electrons. The van der Waals surface area contributed by atoms with Crippen LogP contribution in [0.25, 0.3) is 22.6 Å². The quantitative estimate of drug-likeness (QED) is 0.170. The maximum atomic E-state index is 12.3. The molecule has 0 aliphatic carbocycles. The van der Waals surface area contributed by atoms with Crippen LogP contribution in [0.1, 0.15) is 16.6 Å². The number of hydrogen-bond donors (Lipinski definition) is 5. The van der Waals surface area contributed by atoms with Crippen LogP contribution in [0.3, 0.4) is 0 Å². The fourth-order valence-corrected chi connectivity index (χ4v) is 4.28. The number of carbonyl (C=O) groups is 1. The Kier molecular flexibility index (Phi) is 7.84. The van der Waals surface area contributed by atoms with Gasteiger partial charge in [0, 0.05) is 18.4 Å². The first-order valence-electron chi connectivity index (χ1n) is 11.1. The summed E-state index contributed by atoms with van der Waals surface area (Å²) in [5.74, 6) is -0.678. The van der Waals surface area contributed by atoms with Gasteiger partial charge in [0.2, 0.25) is 0 Å². The summed E-state index contributed by atoms with van der Waals surface area (Å²) in [5.41, 5.74) is 12.7. The zero-order chi connectivity index (χ0) is 27.4. The SMILES string of the molecule is CO[C@H](COS(=O)(=O)NC(=O)c1ccccc1N)[C@@H](O)[C@@H](O)n1cnc2c(N)nc(-c3ccccc3)nc21. The highest BCUT2D eigenvalue weighted by molar-refractivity contribution is 7.85. The molecule has 0 saturated carbocycles. The first-order chi connectivity index (χ1) is 18.1. The van der Waals surface area contributed by atoms with Crippen LogP contribution < -0.4 is 16.2 Å². The van der Waals surface area contributed by atoms with Crippen LogP contribution in [-0.4, -0.2) is 70.0 Å². The molecule has 0 spiro atoms. The van der Waals surface area contributed by atoms with Crippen LogP contribution in [0.15, 0.2) is 60.9 Å². The molecule has 2 heterocycles. The predicted molar refractivity (Wildman–Crippen MR) is 136 cm³/mol. The van der Waals surface area contributed by atoms with Crippen molar-refractivity contribution in [3.05, 3.63) is 66.5 Å². The van der Waals surface area contributed by atoms with E-state index in [1.54, 1.807) is 35.1 Å². The zero-order valence-corrected chi connectivity index (χ0v) is 20.8. The summed E-state index contributed by atoms with van der Waals surface area (Å²) in [6, 6.07) is 14.8. The van der Waals surface area contributed by atoms with E-state index in [4.69, 9.17) is 20.4 Å². The van der Waals surface area contributed by atoms with Gasteiger partial charge in [-0.2, -0.15) is 8.42 Å². The maximum absolute atomic E-state index is 12.3. The molecule has 3 atom stereocenters. The summed E-state index contributed by atoms with van der Waals surface area (Å²) < 4.78 is 37.5. The molecule has 4 rings (SSSR count). The smallest absolute Gasteiger partial charge is 0.362 e. The van der Waals surface area contributed by atoms with Gasteiger partial charge in [0.05, 0.1) is 18.5 Å². The number of ether oxygens (including phenoxy) is 1. The van der Waals surface area contributed by atoms with E-state index >= 15 is 0 Å². The van der Waals surface area contributed by atoms with Crippen molar-refractivity contribution in [3.8, 4) is 11.4 Å². The molecule has 2 aromatic heterocycles. The third-order valence-electron chi connectivity index (χ3n) is 5.57. The van der Waals surface area contributed by atoms with Crippen molar-refractivity contribution in [2.45, 2.75) is 18.4 Å². The fraction of sp³-hybridized carbons (Fsp3) is 0.217. The number of amides is 1. The number of hydrogen-bond acceptors (Lipinski definition) is 12. The molecular formula is C23H25N7O7S. The Hall–Kier alpha value is -4.15. The number of carbonyl (C=O) groups excluding carboxylic acids is 1. The average molecular weight is 544 g/mol. The standard InChI is InChI=1S/C23H25N7O7S/c1-36-16(11-37-38(34,35)29-22(32)14-9-5-6-10-15(14)24)18(31)23(33)30-12-26-17-19(25)27-20(28-21(17)30)13-7-3-2-4-8-13/h2-10,12,16,18,23,31,33H,11,24H2,1H3,(H,29,32)(H2,25,27,28)/t16-,18-,23-/m1/s1. The van der Waals surface area contributed by atoms with Crippen LogP contribution in [0.4, 0.5) is 11.5 Å². The van der Waals surface area contributed by atoms with Gasteiger partial charge < -0.3 is 26.4 Å². The number of anilines is 2. The van der Waals surface area contributed by atoms with Gasteiger partial charge in [0.25, 0.3) is 5.91 Å². The number of aliphatic hydroxyl groups excluding tert-OH is 2. The molecule has 0 bridgehead atoms. The summed E-state index contributed by atoms with van der Waals surface area (Å²) in [5, 5.41) is 21.7. The normalized spacial score (nSPS) is 14.2. The topological polar surface area (TPSA) is 218 Å². The highest BCUT2D eigenvalue weighted by Gasteiger charge is 2.32.